The van der Waals surface area contributed by atoms with Gasteiger partial charge in [0.15, 0.2) is 5.82 Å². The third kappa shape index (κ3) is 3.69. The molecule has 0 bridgehead atoms. The molecule has 4 rings (SSSR count). The molecule has 3 heterocycles. The fraction of sp³-hybridized carbons (Fsp3) is 0.632. The topological polar surface area (TPSA) is 132 Å². The lowest BCUT2D eigenvalue weighted by atomic mass is 9.87. The summed E-state index contributed by atoms with van der Waals surface area (Å²) in [5, 5.41) is 24.9. The third-order valence-corrected chi connectivity index (χ3v) is 5.75. The molecular formula is C19H26N4O5. The number of aliphatic hydroxyl groups is 2. The quantitative estimate of drug-likeness (QED) is 0.644. The highest BCUT2D eigenvalue weighted by Gasteiger charge is 2.45. The van der Waals surface area contributed by atoms with Crippen LogP contribution in [0.25, 0.3) is 5.52 Å². The van der Waals surface area contributed by atoms with E-state index in [0.29, 0.717) is 29.4 Å². The molecule has 152 valence electrons. The van der Waals surface area contributed by atoms with E-state index >= 15 is 0 Å². The van der Waals surface area contributed by atoms with Gasteiger partial charge in [0, 0.05) is 6.42 Å². The number of carbonyl (C=O) groups is 1. The number of hydrogen-bond acceptors (Lipinski definition) is 8. The molecule has 1 saturated heterocycles. The lowest BCUT2D eigenvalue weighted by Gasteiger charge is -2.21. The zero-order valence-corrected chi connectivity index (χ0v) is 15.6. The smallest absolute Gasteiger partial charge is 0.306 e. The minimum Gasteiger partial charge on any atom is -0.463 e. The first-order valence-corrected chi connectivity index (χ1v) is 9.80. The second-order valence-corrected chi connectivity index (χ2v) is 7.67. The van der Waals surface area contributed by atoms with Crippen LogP contribution in [-0.2, 0) is 14.3 Å². The Bertz CT molecular complexity index is 835. The summed E-state index contributed by atoms with van der Waals surface area (Å²) in [6.45, 7) is -0.0965. The summed E-state index contributed by atoms with van der Waals surface area (Å²) in [4.78, 5) is 16.1. The number of aromatic nitrogens is 3. The molecule has 1 aliphatic heterocycles. The van der Waals surface area contributed by atoms with Gasteiger partial charge in [-0.2, -0.15) is 5.10 Å². The van der Waals surface area contributed by atoms with Crippen LogP contribution >= 0.6 is 0 Å². The first kappa shape index (κ1) is 19.1. The molecule has 1 saturated carbocycles. The fourth-order valence-corrected chi connectivity index (χ4v) is 4.18. The Balaban J connectivity index is 1.38. The van der Waals surface area contributed by atoms with Crippen molar-refractivity contribution in [3.05, 3.63) is 24.2 Å². The standard InChI is InChI=1S/C19H26N4O5/c20-19-13-7-6-12(23(13)22-10-21-19)18-17(26)16(25)14(28-18)9-27-15(24)8-11-4-2-1-3-5-11/h6-7,10-11,14,16-18,25-26H,1-5,8-9H2,(H2,20,21,22)/t14-,16-,17-,18+/m1/s1. The zero-order valence-electron chi connectivity index (χ0n) is 15.6. The molecule has 0 unspecified atom stereocenters. The van der Waals surface area contributed by atoms with Crippen molar-refractivity contribution >= 4 is 17.3 Å². The largest absolute Gasteiger partial charge is 0.463 e. The van der Waals surface area contributed by atoms with E-state index in [1.165, 1.54) is 17.3 Å². The Hall–Kier alpha value is -2.23. The van der Waals surface area contributed by atoms with E-state index in [-0.39, 0.29) is 12.6 Å². The highest BCUT2D eigenvalue weighted by atomic mass is 16.6. The van der Waals surface area contributed by atoms with Gasteiger partial charge in [0.2, 0.25) is 0 Å². The Morgan fingerprint density at radius 1 is 1.25 bits per heavy atom. The van der Waals surface area contributed by atoms with E-state index in [9.17, 15) is 15.0 Å². The summed E-state index contributed by atoms with van der Waals surface area (Å²) in [5.41, 5.74) is 6.97. The van der Waals surface area contributed by atoms with E-state index in [4.69, 9.17) is 15.2 Å². The van der Waals surface area contributed by atoms with Crippen LogP contribution in [0.15, 0.2) is 18.5 Å². The van der Waals surface area contributed by atoms with Crippen LogP contribution < -0.4 is 5.73 Å². The molecule has 9 nitrogen and oxygen atoms in total. The number of fused-ring (bicyclic) bond motifs is 1. The molecule has 1 aliphatic carbocycles. The number of hydrogen-bond donors (Lipinski definition) is 3. The molecule has 0 radical (unpaired) electrons. The Morgan fingerprint density at radius 3 is 2.82 bits per heavy atom. The predicted octanol–water partition coefficient (Wildman–Crippen LogP) is 0.987. The lowest BCUT2D eigenvalue weighted by molar-refractivity contribution is -0.150. The lowest BCUT2D eigenvalue weighted by Crippen LogP contribution is -2.34. The molecule has 0 amide bonds. The van der Waals surface area contributed by atoms with Gasteiger partial charge >= 0.3 is 5.97 Å². The van der Waals surface area contributed by atoms with Gasteiger partial charge in [-0.25, -0.2) is 9.50 Å². The molecule has 0 aromatic carbocycles. The van der Waals surface area contributed by atoms with Gasteiger partial charge in [-0.1, -0.05) is 19.3 Å². The van der Waals surface area contributed by atoms with Crippen LogP contribution in [0.5, 0.6) is 0 Å². The molecule has 0 spiro atoms. The molecule has 9 heteroatoms. The zero-order chi connectivity index (χ0) is 19.7. The minimum atomic E-state index is -1.17. The molecule has 2 aliphatic rings. The van der Waals surface area contributed by atoms with Crippen LogP contribution in [0, 0.1) is 5.92 Å². The summed E-state index contributed by atoms with van der Waals surface area (Å²) in [6, 6.07) is 3.45. The Labute approximate surface area is 162 Å². The first-order chi connectivity index (χ1) is 13.5. The minimum absolute atomic E-state index is 0.0965. The molecule has 4 N–H and O–H groups in total. The van der Waals surface area contributed by atoms with E-state index in [2.05, 4.69) is 10.1 Å². The van der Waals surface area contributed by atoms with Crippen LogP contribution in [0.4, 0.5) is 5.82 Å². The monoisotopic (exact) mass is 390 g/mol. The first-order valence-electron chi connectivity index (χ1n) is 9.80. The van der Waals surface area contributed by atoms with E-state index < -0.39 is 24.4 Å². The number of anilines is 1. The number of ether oxygens (including phenoxy) is 2. The van der Waals surface area contributed by atoms with Crippen molar-refractivity contribution in [1.29, 1.82) is 0 Å². The molecule has 2 fully saturated rings. The number of rotatable bonds is 5. The van der Waals surface area contributed by atoms with Crippen LogP contribution in [0.2, 0.25) is 0 Å². The van der Waals surface area contributed by atoms with Gasteiger partial charge in [-0.3, -0.25) is 4.79 Å². The van der Waals surface area contributed by atoms with Crippen molar-refractivity contribution < 1.29 is 24.5 Å². The van der Waals surface area contributed by atoms with E-state index in [0.717, 1.165) is 25.7 Å². The van der Waals surface area contributed by atoms with Crippen molar-refractivity contribution in [2.75, 3.05) is 12.3 Å². The summed E-state index contributed by atoms with van der Waals surface area (Å²) < 4.78 is 12.7. The highest BCUT2D eigenvalue weighted by molar-refractivity contribution is 5.69. The number of nitrogens with two attached hydrogens (primary N) is 1. The fourth-order valence-electron chi connectivity index (χ4n) is 4.18. The van der Waals surface area contributed by atoms with Crippen molar-refractivity contribution in [3.8, 4) is 0 Å². The average Bonchev–Trinajstić information content (AvgIpc) is 3.24. The van der Waals surface area contributed by atoms with Gasteiger partial charge in [-0.05, 0) is 30.9 Å². The maximum atomic E-state index is 12.1. The van der Waals surface area contributed by atoms with Gasteiger partial charge in [0.05, 0.1) is 5.69 Å². The second-order valence-electron chi connectivity index (χ2n) is 7.67. The summed E-state index contributed by atoms with van der Waals surface area (Å²) in [6.07, 6.45) is 3.43. The highest BCUT2D eigenvalue weighted by Crippen LogP contribution is 2.35. The summed E-state index contributed by atoms with van der Waals surface area (Å²) >= 11 is 0. The SMILES string of the molecule is Nc1ncnn2c([C@@H]3O[C@H](COC(=O)CC4CCCCC4)[C@@H](O)[C@H]3O)ccc12. The number of aliphatic hydroxyl groups excluding tert-OH is 2. The van der Waals surface area contributed by atoms with Gasteiger partial charge in [-0.15, -0.1) is 0 Å². The summed E-state index contributed by atoms with van der Waals surface area (Å²) in [7, 11) is 0. The van der Waals surface area contributed by atoms with Crippen molar-refractivity contribution in [1.82, 2.24) is 14.6 Å². The molecule has 2 aromatic heterocycles. The number of esters is 1. The van der Waals surface area contributed by atoms with Gasteiger partial charge in [0.1, 0.15) is 42.9 Å². The number of nitrogens with zero attached hydrogens (tertiary/aromatic N) is 3. The Kier molecular flexibility index (Phi) is 5.47. The van der Waals surface area contributed by atoms with Gasteiger partial charge in [0.25, 0.3) is 0 Å². The summed E-state index contributed by atoms with van der Waals surface area (Å²) in [5.74, 6) is 0.406. The Morgan fingerprint density at radius 2 is 2.04 bits per heavy atom. The second kappa shape index (κ2) is 8.02. The normalized spacial score (nSPS) is 28.6. The van der Waals surface area contributed by atoms with E-state index in [1.807, 2.05) is 0 Å². The maximum Gasteiger partial charge on any atom is 0.306 e. The van der Waals surface area contributed by atoms with Gasteiger partial charge < -0.3 is 25.4 Å². The van der Waals surface area contributed by atoms with Crippen molar-refractivity contribution in [2.45, 2.75) is 62.9 Å². The molecule has 28 heavy (non-hydrogen) atoms. The van der Waals surface area contributed by atoms with Crippen molar-refractivity contribution in [3.63, 3.8) is 0 Å². The predicted molar refractivity (Wildman–Crippen MR) is 99.2 cm³/mol. The number of nitrogen functional groups attached to an aromatic ring is 1. The number of carbonyl (C=O) groups excluding carboxylic acids is 1. The molecule has 4 atom stereocenters. The van der Waals surface area contributed by atoms with Crippen LogP contribution in [-0.4, -0.2) is 55.7 Å². The van der Waals surface area contributed by atoms with Crippen molar-refractivity contribution in [2.24, 2.45) is 5.92 Å². The average molecular weight is 390 g/mol. The van der Waals surface area contributed by atoms with Crippen LogP contribution in [0.1, 0.15) is 50.3 Å². The van der Waals surface area contributed by atoms with Crippen LogP contribution in [0.3, 0.4) is 0 Å². The molecular weight excluding hydrogens is 364 g/mol. The third-order valence-electron chi connectivity index (χ3n) is 5.75. The maximum absolute atomic E-state index is 12.1. The molecule has 2 aromatic rings. The van der Waals surface area contributed by atoms with E-state index in [1.54, 1.807) is 12.1 Å².